The zero-order chi connectivity index (χ0) is 13.2. The average molecular weight is 274 g/mol. The van der Waals surface area contributed by atoms with Crippen LogP contribution in [0, 0.1) is 6.92 Å². The monoisotopic (exact) mass is 274 g/mol. The molecule has 0 bridgehead atoms. The first kappa shape index (κ1) is 12.6. The molecule has 1 aromatic heterocycles. The van der Waals surface area contributed by atoms with Crippen molar-refractivity contribution in [1.82, 2.24) is 13.6 Å². The van der Waals surface area contributed by atoms with Crippen LogP contribution in [0.3, 0.4) is 0 Å². The predicted molar refractivity (Wildman–Crippen MR) is 79.8 cm³/mol. The van der Waals surface area contributed by atoms with Gasteiger partial charge in [-0.05, 0) is 14.0 Å². The summed E-state index contributed by atoms with van der Waals surface area (Å²) in [7, 11) is 2.16. The van der Waals surface area contributed by atoms with Gasteiger partial charge in [0, 0.05) is 31.7 Å². The van der Waals surface area contributed by atoms with Gasteiger partial charge in [0.15, 0.2) is 5.82 Å². The van der Waals surface area contributed by atoms with Gasteiger partial charge in [-0.15, -0.1) is 0 Å². The van der Waals surface area contributed by atoms with Gasteiger partial charge >= 0.3 is 0 Å². The summed E-state index contributed by atoms with van der Waals surface area (Å²) in [6.45, 7) is 6.34. The second-order valence-corrected chi connectivity index (χ2v) is 5.62. The second kappa shape index (κ2) is 5.27. The fourth-order valence-corrected chi connectivity index (χ4v) is 2.89. The molecule has 0 spiro atoms. The number of likely N-dealkylation sites (N-methyl/N-ethyl adjacent to an activating group) is 1. The van der Waals surface area contributed by atoms with Crippen molar-refractivity contribution >= 4 is 17.5 Å². The van der Waals surface area contributed by atoms with Crippen LogP contribution in [0.5, 0.6) is 0 Å². The van der Waals surface area contributed by atoms with Crippen molar-refractivity contribution in [2.24, 2.45) is 0 Å². The summed E-state index contributed by atoms with van der Waals surface area (Å²) in [5, 5.41) is 0. The molecule has 19 heavy (non-hydrogen) atoms. The minimum Gasteiger partial charge on any atom is -0.351 e. The third-order valence-electron chi connectivity index (χ3n) is 3.60. The molecule has 1 saturated heterocycles. The van der Waals surface area contributed by atoms with Gasteiger partial charge in [0.25, 0.3) is 0 Å². The van der Waals surface area contributed by atoms with E-state index in [1.807, 2.05) is 0 Å². The van der Waals surface area contributed by atoms with E-state index in [9.17, 15) is 0 Å². The van der Waals surface area contributed by atoms with E-state index < -0.39 is 0 Å². The molecule has 1 aliphatic heterocycles. The maximum absolute atomic E-state index is 4.50. The maximum Gasteiger partial charge on any atom is 0.170 e. The van der Waals surface area contributed by atoms with Crippen molar-refractivity contribution in [2.45, 2.75) is 6.92 Å². The highest BCUT2D eigenvalue weighted by Crippen LogP contribution is 2.29. The molecule has 2 heterocycles. The third-order valence-corrected chi connectivity index (χ3v) is 4.12. The SMILES string of the molecule is Cc1ccc(-c2nsnc2N2CCN(C)CC2)cc1. The first-order valence-electron chi connectivity index (χ1n) is 6.57. The standard InChI is InChI=1S/C14H18N4S/c1-11-3-5-12(6-4-11)13-14(16-19-15-13)18-9-7-17(2)8-10-18/h3-6H,7-10H2,1-2H3. The number of anilines is 1. The maximum atomic E-state index is 4.50. The van der Waals surface area contributed by atoms with E-state index in [4.69, 9.17) is 0 Å². The molecule has 0 saturated carbocycles. The summed E-state index contributed by atoms with van der Waals surface area (Å²) in [6, 6.07) is 8.52. The van der Waals surface area contributed by atoms with Gasteiger partial charge in [-0.2, -0.15) is 8.75 Å². The van der Waals surface area contributed by atoms with E-state index in [0.29, 0.717) is 0 Å². The van der Waals surface area contributed by atoms with Gasteiger partial charge < -0.3 is 9.80 Å². The fourth-order valence-electron chi connectivity index (χ4n) is 2.30. The van der Waals surface area contributed by atoms with Crippen LogP contribution in [0.25, 0.3) is 11.3 Å². The van der Waals surface area contributed by atoms with Gasteiger partial charge in [-0.25, -0.2) is 0 Å². The molecule has 5 heteroatoms. The zero-order valence-electron chi connectivity index (χ0n) is 11.3. The molecule has 0 atom stereocenters. The van der Waals surface area contributed by atoms with Crippen LogP contribution in [-0.2, 0) is 0 Å². The summed E-state index contributed by atoms with van der Waals surface area (Å²) in [4.78, 5) is 4.69. The van der Waals surface area contributed by atoms with Crippen LogP contribution < -0.4 is 4.90 Å². The van der Waals surface area contributed by atoms with Crippen molar-refractivity contribution < 1.29 is 0 Å². The zero-order valence-corrected chi connectivity index (χ0v) is 12.2. The van der Waals surface area contributed by atoms with E-state index in [2.05, 4.69) is 56.8 Å². The lowest BCUT2D eigenvalue weighted by Crippen LogP contribution is -2.44. The lowest BCUT2D eigenvalue weighted by molar-refractivity contribution is 0.312. The molecule has 100 valence electrons. The van der Waals surface area contributed by atoms with Crippen molar-refractivity contribution in [2.75, 3.05) is 38.1 Å². The number of hydrogen-bond donors (Lipinski definition) is 0. The Balaban J connectivity index is 1.88. The molecular formula is C14H18N4S. The van der Waals surface area contributed by atoms with Crippen LogP contribution in [0.4, 0.5) is 5.82 Å². The number of aryl methyl sites for hydroxylation is 1. The van der Waals surface area contributed by atoms with Crippen molar-refractivity contribution in [3.8, 4) is 11.3 Å². The van der Waals surface area contributed by atoms with Gasteiger partial charge in [0.1, 0.15) is 5.69 Å². The topological polar surface area (TPSA) is 32.3 Å². The summed E-state index contributed by atoms with van der Waals surface area (Å²) in [6.07, 6.45) is 0. The summed E-state index contributed by atoms with van der Waals surface area (Å²) >= 11 is 1.30. The molecule has 1 fully saturated rings. The van der Waals surface area contributed by atoms with Gasteiger partial charge in [-0.3, -0.25) is 0 Å². The molecule has 1 aromatic carbocycles. The van der Waals surface area contributed by atoms with Crippen molar-refractivity contribution in [3.63, 3.8) is 0 Å². The Kier molecular flexibility index (Phi) is 3.48. The Hall–Kier alpha value is -1.46. The average Bonchev–Trinajstić information content (AvgIpc) is 2.90. The molecule has 0 aliphatic carbocycles. The number of piperazine rings is 1. The largest absolute Gasteiger partial charge is 0.351 e. The van der Waals surface area contributed by atoms with Crippen LogP contribution in [0.1, 0.15) is 5.56 Å². The molecule has 2 aromatic rings. The lowest BCUT2D eigenvalue weighted by Gasteiger charge is -2.32. The van der Waals surface area contributed by atoms with Crippen LogP contribution in [0.2, 0.25) is 0 Å². The highest BCUT2D eigenvalue weighted by Gasteiger charge is 2.20. The number of benzene rings is 1. The van der Waals surface area contributed by atoms with Gasteiger partial charge in [0.2, 0.25) is 0 Å². The molecule has 1 aliphatic rings. The second-order valence-electron chi connectivity index (χ2n) is 5.09. The highest BCUT2D eigenvalue weighted by molar-refractivity contribution is 6.99. The number of hydrogen-bond acceptors (Lipinski definition) is 5. The van der Waals surface area contributed by atoms with Crippen LogP contribution in [0.15, 0.2) is 24.3 Å². The third kappa shape index (κ3) is 2.62. The van der Waals surface area contributed by atoms with E-state index in [1.165, 1.54) is 17.3 Å². The quantitative estimate of drug-likeness (QED) is 0.841. The normalized spacial score (nSPS) is 16.8. The lowest BCUT2D eigenvalue weighted by atomic mass is 10.1. The summed E-state index contributed by atoms with van der Waals surface area (Å²) < 4.78 is 8.99. The molecule has 3 rings (SSSR count). The Morgan fingerprint density at radius 2 is 1.68 bits per heavy atom. The Labute approximate surface area is 118 Å². The van der Waals surface area contributed by atoms with Gasteiger partial charge in [-0.1, -0.05) is 29.8 Å². The number of aromatic nitrogens is 2. The summed E-state index contributed by atoms with van der Waals surface area (Å²) in [5.41, 5.74) is 3.45. The Bertz CT molecular complexity index is 541. The molecular weight excluding hydrogens is 256 g/mol. The molecule has 0 N–H and O–H groups in total. The van der Waals surface area contributed by atoms with E-state index in [-0.39, 0.29) is 0 Å². The Morgan fingerprint density at radius 3 is 2.37 bits per heavy atom. The van der Waals surface area contributed by atoms with E-state index in [1.54, 1.807) is 0 Å². The van der Waals surface area contributed by atoms with E-state index >= 15 is 0 Å². The van der Waals surface area contributed by atoms with Crippen LogP contribution in [-0.4, -0.2) is 46.9 Å². The first-order chi connectivity index (χ1) is 9.24. The molecule has 4 nitrogen and oxygen atoms in total. The predicted octanol–water partition coefficient (Wildman–Crippen LogP) is 2.27. The minimum absolute atomic E-state index is 1.02. The Morgan fingerprint density at radius 1 is 1.00 bits per heavy atom. The summed E-state index contributed by atoms with van der Waals surface area (Å²) in [5.74, 6) is 1.04. The molecule has 0 unspecified atom stereocenters. The molecule has 0 amide bonds. The fraction of sp³-hybridized carbons (Fsp3) is 0.429. The smallest absolute Gasteiger partial charge is 0.170 e. The van der Waals surface area contributed by atoms with Crippen LogP contribution >= 0.6 is 11.7 Å². The van der Waals surface area contributed by atoms with E-state index in [0.717, 1.165) is 43.3 Å². The number of nitrogens with zero attached hydrogens (tertiary/aromatic N) is 4. The van der Waals surface area contributed by atoms with Crippen molar-refractivity contribution in [3.05, 3.63) is 29.8 Å². The van der Waals surface area contributed by atoms with Gasteiger partial charge in [0.05, 0.1) is 11.7 Å². The highest BCUT2D eigenvalue weighted by atomic mass is 32.1. The minimum atomic E-state index is 1.02. The number of rotatable bonds is 2. The molecule has 0 radical (unpaired) electrons. The van der Waals surface area contributed by atoms with Crippen molar-refractivity contribution in [1.29, 1.82) is 0 Å². The first-order valence-corrected chi connectivity index (χ1v) is 7.30.